The summed E-state index contributed by atoms with van der Waals surface area (Å²) in [5.41, 5.74) is 0.938. The van der Waals surface area contributed by atoms with Gasteiger partial charge < -0.3 is 10.1 Å². The molecule has 0 aliphatic carbocycles. The highest BCUT2D eigenvalue weighted by Crippen LogP contribution is 2.21. The molecule has 1 amide bonds. The van der Waals surface area contributed by atoms with Crippen molar-refractivity contribution in [2.75, 3.05) is 11.9 Å². The normalized spacial score (nSPS) is 11.7. The lowest BCUT2D eigenvalue weighted by Crippen LogP contribution is -2.33. The van der Waals surface area contributed by atoms with Crippen LogP contribution in [0.5, 0.6) is 5.75 Å². The summed E-state index contributed by atoms with van der Waals surface area (Å²) < 4.78 is 20.3. The van der Waals surface area contributed by atoms with Crippen LogP contribution in [0.25, 0.3) is 11.3 Å². The van der Waals surface area contributed by atoms with Gasteiger partial charge in [0.2, 0.25) is 5.91 Å². The van der Waals surface area contributed by atoms with Crippen molar-refractivity contribution < 1.29 is 13.9 Å². The third kappa shape index (κ3) is 4.25. The van der Waals surface area contributed by atoms with Gasteiger partial charge >= 0.3 is 0 Å². The molecule has 0 saturated carbocycles. The summed E-state index contributed by atoms with van der Waals surface area (Å²) in [5, 5.41) is 6.80. The molecule has 28 heavy (non-hydrogen) atoms. The summed E-state index contributed by atoms with van der Waals surface area (Å²) in [6.07, 6.45) is 0. The monoisotopic (exact) mass is 381 g/mol. The van der Waals surface area contributed by atoms with Crippen LogP contribution >= 0.6 is 0 Å². The van der Waals surface area contributed by atoms with Gasteiger partial charge in [-0.15, -0.1) is 0 Å². The summed E-state index contributed by atoms with van der Waals surface area (Å²) in [6.45, 7) is 4.00. The molecular formula is C21H20FN3O3. The Balaban J connectivity index is 1.85. The maximum Gasteiger partial charge on any atom is 0.267 e. The predicted molar refractivity (Wildman–Crippen MR) is 105 cm³/mol. The van der Waals surface area contributed by atoms with E-state index in [0.717, 1.165) is 16.0 Å². The number of nitrogens with zero attached hydrogens (tertiary/aromatic N) is 2. The van der Waals surface area contributed by atoms with Crippen molar-refractivity contribution >= 4 is 11.6 Å². The number of anilines is 1. The Morgan fingerprint density at radius 3 is 2.54 bits per heavy atom. The van der Waals surface area contributed by atoms with Crippen molar-refractivity contribution in [2.24, 2.45) is 0 Å². The van der Waals surface area contributed by atoms with Crippen LogP contribution in [0, 0.1) is 5.82 Å². The number of carbonyl (C=O) groups excluding carboxylic acids is 1. The molecule has 1 N–H and O–H groups in total. The van der Waals surface area contributed by atoms with Gasteiger partial charge in [-0.05, 0) is 56.3 Å². The lowest BCUT2D eigenvalue weighted by atomic mass is 10.1. The van der Waals surface area contributed by atoms with Gasteiger partial charge in [-0.3, -0.25) is 9.59 Å². The SMILES string of the molecule is CCOc1ccc(-c2ccc(=O)n(C(C)C(=O)Nc3ccccc3F)n2)cc1. The Labute approximate surface area is 161 Å². The number of benzene rings is 2. The molecule has 0 radical (unpaired) electrons. The Hall–Kier alpha value is -3.48. The van der Waals surface area contributed by atoms with Crippen LogP contribution in [0.15, 0.2) is 65.5 Å². The summed E-state index contributed by atoms with van der Waals surface area (Å²) in [6, 6.07) is 15.1. The Kier molecular flexibility index (Phi) is 5.84. The Morgan fingerprint density at radius 2 is 1.86 bits per heavy atom. The molecule has 1 atom stereocenters. The molecule has 3 rings (SSSR count). The predicted octanol–water partition coefficient (Wildman–Crippen LogP) is 3.65. The maximum atomic E-state index is 13.8. The van der Waals surface area contributed by atoms with Crippen LogP contribution in [0.2, 0.25) is 0 Å². The number of nitrogens with one attached hydrogen (secondary N) is 1. The number of para-hydroxylation sites is 1. The van der Waals surface area contributed by atoms with Gasteiger partial charge in [0.1, 0.15) is 17.6 Å². The van der Waals surface area contributed by atoms with E-state index in [9.17, 15) is 14.0 Å². The third-order valence-corrected chi connectivity index (χ3v) is 4.16. The molecule has 1 heterocycles. The van der Waals surface area contributed by atoms with Crippen LogP contribution in [-0.4, -0.2) is 22.3 Å². The van der Waals surface area contributed by atoms with E-state index >= 15 is 0 Å². The molecule has 0 bridgehead atoms. The summed E-state index contributed by atoms with van der Waals surface area (Å²) >= 11 is 0. The van der Waals surface area contributed by atoms with Crippen LogP contribution in [0.4, 0.5) is 10.1 Å². The van der Waals surface area contributed by atoms with Crippen molar-refractivity contribution in [1.82, 2.24) is 9.78 Å². The second-order valence-corrected chi connectivity index (χ2v) is 6.10. The van der Waals surface area contributed by atoms with Gasteiger partial charge in [0, 0.05) is 11.6 Å². The Bertz CT molecular complexity index is 1030. The summed E-state index contributed by atoms with van der Waals surface area (Å²) in [5.74, 6) is -0.354. The molecule has 7 heteroatoms. The fourth-order valence-corrected chi connectivity index (χ4v) is 2.66. The topological polar surface area (TPSA) is 73.2 Å². The van der Waals surface area contributed by atoms with Crippen molar-refractivity contribution in [3.05, 3.63) is 76.8 Å². The highest BCUT2D eigenvalue weighted by atomic mass is 19.1. The number of rotatable bonds is 6. The van der Waals surface area contributed by atoms with Crippen LogP contribution < -0.4 is 15.6 Å². The smallest absolute Gasteiger partial charge is 0.267 e. The minimum absolute atomic E-state index is 0.0510. The minimum Gasteiger partial charge on any atom is -0.494 e. The molecule has 0 aliphatic heterocycles. The summed E-state index contributed by atoms with van der Waals surface area (Å²) in [4.78, 5) is 24.7. The van der Waals surface area contributed by atoms with Gasteiger partial charge in [0.25, 0.3) is 5.56 Å². The van der Waals surface area contributed by atoms with E-state index in [1.165, 1.54) is 31.2 Å². The third-order valence-electron chi connectivity index (χ3n) is 4.16. The molecule has 2 aromatic carbocycles. The van der Waals surface area contributed by atoms with Gasteiger partial charge in [0.15, 0.2) is 0 Å². The first-order valence-corrected chi connectivity index (χ1v) is 8.88. The molecule has 6 nitrogen and oxygen atoms in total. The van der Waals surface area contributed by atoms with Gasteiger partial charge in [-0.25, -0.2) is 9.07 Å². The van der Waals surface area contributed by atoms with E-state index in [1.54, 1.807) is 12.1 Å². The van der Waals surface area contributed by atoms with Crippen molar-refractivity contribution in [2.45, 2.75) is 19.9 Å². The first-order valence-electron chi connectivity index (χ1n) is 8.88. The quantitative estimate of drug-likeness (QED) is 0.707. The largest absolute Gasteiger partial charge is 0.494 e. The number of halogens is 1. The van der Waals surface area contributed by atoms with E-state index in [-0.39, 0.29) is 5.69 Å². The van der Waals surface area contributed by atoms with Crippen molar-refractivity contribution in [3.8, 4) is 17.0 Å². The molecular weight excluding hydrogens is 361 g/mol. The second-order valence-electron chi connectivity index (χ2n) is 6.10. The average Bonchev–Trinajstić information content (AvgIpc) is 2.70. The van der Waals surface area contributed by atoms with Gasteiger partial charge in [-0.1, -0.05) is 12.1 Å². The van der Waals surface area contributed by atoms with E-state index in [0.29, 0.717) is 12.3 Å². The highest BCUT2D eigenvalue weighted by molar-refractivity contribution is 5.93. The molecule has 0 aliphatic rings. The fourth-order valence-electron chi connectivity index (χ4n) is 2.66. The number of amides is 1. The molecule has 144 valence electrons. The number of carbonyl (C=O) groups is 1. The van der Waals surface area contributed by atoms with E-state index in [4.69, 9.17) is 4.74 Å². The van der Waals surface area contributed by atoms with Gasteiger partial charge in [0.05, 0.1) is 18.0 Å². The first kappa shape index (κ1) is 19.3. The number of ether oxygens (including phenoxy) is 1. The average molecular weight is 381 g/mol. The molecule has 0 saturated heterocycles. The molecule has 1 unspecified atom stereocenters. The fraction of sp³-hybridized carbons (Fsp3) is 0.190. The highest BCUT2D eigenvalue weighted by Gasteiger charge is 2.19. The van der Waals surface area contributed by atoms with Crippen LogP contribution in [-0.2, 0) is 4.79 Å². The van der Waals surface area contributed by atoms with Crippen molar-refractivity contribution in [3.63, 3.8) is 0 Å². The van der Waals surface area contributed by atoms with Crippen LogP contribution in [0.3, 0.4) is 0 Å². The zero-order valence-corrected chi connectivity index (χ0v) is 15.6. The first-order chi connectivity index (χ1) is 13.5. The van der Waals surface area contributed by atoms with E-state index in [2.05, 4.69) is 10.4 Å². The molecule has 0 fully saturated rings. The van der Waals surface area contributed by atoms with E-state index in [1.807, 2.05) is 31.2 Å². The number of hydrogen-bond donors (Lipinski definition) is 1. The lowest BCUT2D eigenvalue weighted by molar-refractivity contribution is -0.119. The second kappa shape index (κ2) is 8.47. The zero-order valence-electron chi connectivity index (χ0n) is 15.6. The summed E-state index contributed by atoms with van der Waals surface area (Å²) in [7, 11) is 0. The molecule has 0 spiro atoms. The van der Waals surface area contributed by atoms with Crippen LogP contribution in [0.1, 0.15) is 19.9 Å². The lowest BCUT2D eigenvalue weighted by Gasteiger charge is -2.15. The van der Waals surface area contributed by atoms with E-state index < -0.39 is 23.3 Å². The molecule has 1 aromatic heterocycles. The van der Waals surface area contributed by atoms with Crippen molar-refractivity contribution in [1.29, 1.82) is 0 Å². The zero-order chi connectivity index (χ0) is 20.1. The van der Waals surface area contributed by atoms with Gasteiger partial charge in [-0.2, -0.15) is 5.10 Å². The maximum absolute atomic E-state index is 13.8. The minimum atomic E-state index is -0.922. The molecule has 3 aromatic rings. The Morgan fingerprint density at radius 1 is 1.14 bits per heavy atom. The number of hydrogen-bond acceptors (Lipinski definition) is 4. The standard InChI is InChI=1S/C21H20FN3O3/c1-3-28-16-10-8-15(9-11-16)18-12-13-20(26)25(24-18)14(2)21(27)23-19-7-5-4-6-17(19)22/h4-14H,3H2,1-2H3,(H,23,27). The number of aromatic nitrogens is 2.